The van der Waals surface area contributed by atoms with Gasteiger partial charge in [0.1, 0.15) is 5.75 Å². The van der Waals surface area contributed by atoms with Crippen molar-refractivity contribution in [3.63, 3.8) is 0 Å². The standard InChI is InChI=1S/C18H19FO4/c1-3-10-22-17-9-6-14(11-16(17)19)13-4-7-15(8-5-13)23-12(2)18(20)21/h4-9,11-12H,3,10H2,1-2H3,(H,20,21). The van der Waals surface area contributed by atoms with Crippen LogP contribution in [0.5, 0.6) is 11.5 Å². The van der Waals surface area contributed by atoms with E-state index in [1.807, 2.05) is 6.92 Å². The second-order valence-electron chi connectivity index (χ2n) is 5.12. The Morgan fingerprint density at radius 1 is 1.17 bits per heavy atom. The minimum absolute atomic E-state index is 0.242. The number of halogens is 1. The summed E-state index contributed by atoms with van der Waals surface area (Å²) in [5.74, 6) is -0.743. The number of carboxylic acid groups (broad SMARTS) is 1. The topological polar surface area (TPSA) is 55.8 Å². The van der Waals surface area contributed by atoms with Crippen molar-refractivity contribution in [3.05, 3.63) is 48.3 Å². The van der Waals surface area contributed by atoms with Crippen LogP contribution in [0.3, 0.4) is 0 Å². The molecular weight excluding hydrogens is 299 g/mol. The first kappa shape index (κ1) is 16.8. The maximum Gasteiger partial charge on any atom is 0.344 e. The van der Waals surface area contributed by atoms with E-state index in [4.69, 9.17) is 14.6 Å². The Bertz CT molecular complexity index is 667. The third-order valence-electron chi connectivity index (χ3n) is 3.24. The van der Waals surface area contributed by atoms with E-state index >= 15 is 0 Å². The van der Waals surface area contributed by atoms with Gasteiger partial charge in [0.25, 0.3) is 0 Å². The Morgan fingerprint density at radius 2 is 1.83 bits per heavy atom. The Labute approximate surface area is 134 Å². The Kier molecular flexibility index (Phi) is 5.57. The van der Waals surface area contributed by atoms with Crippen LogP contribution in [0.25, 0.3) is 11.1 Å². The van der Waals surface area contributed by atoms with E-state index in [-0.39, 0.29) is 5.75 Å². The van der Waals surface area contributed by atoms with E-state index in [0.717, 1.165) is 12.0 Å². The second kappa shape index (κ2) is 7.63. The molecule has 2 rings (SSSR count). The summed E-state index contributed by atoms with van der Waals surface area (Å²) in [5.41, 5.74) is 1.52. The summed E-state index contributed by atoms with van der Waals surface area (Å²) in [4.78, 5) is 10.8. The second-order valence-corrected chi connectivity index (χ2v) is 5.12. The summed E-state index contributed by atoms with van der Waals surface area (Å²) < 4.78 is 24.6. The van der Waals surface area contributed by atoms with Gasteiger partial charge in [-0.3, -0.25) is 0 Å². The Balaban J connectivity index is 2.13. The van der Waals surface area contributed by atoms with E-state index in [1.54, 1.807) is 36.4 Å². The van der Waals surface area contributed by atoms with E-state index in [9.17, 15) is 9.18 Å². The summed E-state index contributed by atoms with van der Waals surface area (Å²) in [7, 11) is 0. The number of carboxylic acids is 1. The van der Waals surface area contributed by atoms with Gasteiger partial charge in [0.05, 0.1) is 6.61 Å². The molecule has 0 heterocycles. The molecule has 1 N–H and O–H groups in total. The van der Waals surface area contributed by atoms with Crippen molar-refractivity contribution in [1.29, 1.82) is 0 Å². The van der Waals surface area contributed by atoms with Gasteiger partial charge >= 0.3 is 5.97 Å². The molecule has 0 saturated heterocycles. The monoisotopic (exact) mass is 318 g/mol. The lowest BCUT2D eigenvalue weighted by Crippen LogP contribution is -2.22. The molecule has 4 nitrogen and oxygen atoms in total. The number of hydrogen-bond acceptors (Lipinski definition) is 3. The van der Waals surface area contributed by atoms with Gasteiger partial charge in [-0.1, -0.05) is 25.1 Å². The van der Waals surface area contributed by atoms with Crippen LogP contribution in [-0.4, -0.2) is 23.8 Å². The Hall–Kier alpha value is -2.56. The molecule has 2 aromatic carbocycles. The molecule has 2 aromatic rings. The predicted octanol–water partition coefficient (Wildman–Crippen LogP) is 4.13. The molecule has 0 amide bonds. The van der Waals surface area contributed by atoms with Crippen molar-refractivity contribution in [2.75, 3.05) is 6.61 Å². The fourth-order valence-electron chi connectivity index (χ4n) is 1.99. The predicted molar refractivity (Wildman–Crippen MR) is 85.3 cm³/mol. The van der Waals surface area contributed by atoms with Gasteiger partial charge in [-0.2, -0.15) is 0 Å². The number of hydrogen-bond donors (Lipinski definition) is 1. The van der Waals surface area contributed by atoms with Gasteiger partial charge in [-0.25, -0.2) is 9.18 Å². The van der Waals surface area contributed by atoms with Gasteiger partial charge in [-0.05, 0) is 48.7 Å². The normalized spacial score (nSPS) is 11.8. The maximum absolute atomic E-state index is 14.0. The molecule has 0 aromatic heterocycles. The van der Waals surface area contributed by atoms with Crippen LogP contribution in [0.15, 0.2) is 42.5 Å². The van der Waals surface area contributed by atoms with E-state index < -0.39 is 17.9 Å². The zero-order valence-corrected chi connectivity index (χ0v) is 13.1. The zero-order chi connectivity index (χ0) is 16.8. The van der Waals surface area contributed by atoms with Crippen molar-refractivity contribution in [1.82, 2.24) is 0 Å². The molecule has 0 spiro atoms. The quantitative estimate of drug-likeness (QED) is 0.834. The lowest BCUT2D eigenvalue weighted by molar-refractivity contribution is -0.144. The summed E-state index contributed by atoms with van der Waals surface area (Å²) in [6.45, 7) is 3.89. The van der Waals surface area contributed by atoms with Crippen LogP contribution in [0.1, 0.15) is 20.3 Å². The van der Waals surface area contributed by atoms with Crippen LogP contribution in [0, 0.1) is 5.82 Å². The zero-order valence-electron chi connectivity index (χ0n) is 13.1. The largest absolute Gasteiger partial charge is 0.491 e. The number of benzene rings is 2. The first-order chi connectivity index (χ1) is 11.0. The third kappa shape index (κ3) is 4.45. The molecular formula is C18H19FO4. The number of aliphatic carboxylic acids is 1. The number of ether oxygens (including phenoxy) is 2. The van der Waals surface area contributed by atoms with E-state index in [2.05, 4.69) is 0 Å². The maximum atomic E-state index is 14.0. The number of rotatable bonds is 7. The molecule has 0 aliphatic carbocycles. The average molecular weight is 318 g/mol. The molecule has 5 heteroatoms. The SMILES string of the molecule is CCCOc1ccc(-c2ccc(OC(C)C(=O)O)cc2)cc1F. The molecule has 122 valence electrons. The summed E-state index contributed by atoms with van der Waals surface area (Å²) in [6.07, 6.45) is -0.106. The molecule has 0 saturated carbocycles. The van der Waals surface area contributed by atoms with Gasteiger partial charge in [0, 0.05) is 0 Å². The fraction of sp³-hybridized carbons (Fsp3) is 0.278. The molecule has 0 radical (unpaired) electrons. The van der Waals surface area contributed by atoms with Crippen LogP contribution >= 0.6 is 0 Å². The molecule has 1 unspecified atom stereocenters. The molecule has 0 aliphatic rings. The van der Waals surface area contributed by atoms with Crippen LogP contribution < -0.4 is 9.47 Å². The van der Waals surface area contributed by atoms with Gasteiger partial charge in [0.15, 0.2) is 17.7 Å². The first-order valence-corrected chi connectivity index (χ1v) is 7.43. The van der Waals surface area contributed by atoms with Gasteiger partial charge < -0.3 is 14.6 Å². The van der Waals surface area contributed by atoms with Crippen molar-refractivity contribution in [2.24, 2.45) is 0 Å². The molecule has 0 aliphatic heterocycles. The van der Waals surface area contributed by atoms with Crippen LogP contribution in [-0.2, 0) is 4.79 Å². The van der Waals surface area contributed by atoms with Crippen molar-refractivity contribution in [3.8, 4) is 22.6 Å². The summed E-state index contributed by atoms with van der Waals surface area (Å²) >= 11 is 0. The van der Waals surface area contributed by atoms with Gasteiger partial charge in [-0.15, -0.1) is 0 Å². The van der Waals surface area contributed by atoms with Crippen molar-refractivity contribution in [2.45, 2.75) is 26.4 Å². The average Bonchev–Trinajstić information content (AvgIpc) is 2.54. The van der Waals surface area contributed by atoms with Crippen LogP contribution in [0.2, 0.25) is 0 Å². The highest BCUT2D eigenvalue weighted by Crippen LogP contribution is 2.27. The van der Waals surface area contributed by atoms with E-state index in [0.29, 0.717) is 17.9 Å². The third-order valence-corrected chi connectivity index (χ3v) is 3.24. The van der Waals surface area contributed by atoms with E-state index in [1.165, 1.54) is 13.0 Å². The minimum Gasteiger partial charge on any atom is -0.491 e. The highest BCUT2D eigenvalue weighted by atomic mass is 19.1. The molecule has 0 bridgehead atoms. The molecule has 1 atom stereocenters. The van der Waals surface area contributed by atoms with Gasteiger partial charge in [0.2, 0.25) is 0 Å². The van der Waals surface area contributed by atoms with Crippen molar-refractivity contribution >= 4 is 5.97 Å². The highest BCUT2D eigenvalue weighted by molar-refractivity contribution is 5.72. The molecule has 23 heavy (non-hydrogen) atoms. The van der Waals surface area contributed by atoms with Crippen molar-refractivity contribution < 1.29 is 23.8 Å². The Morgan fingerprint density at radius 3 is 2.39 bits per heavy atom. The summed E-state index contributed by atoms with van der Waals surface area (Å²) in [6, 6.07) is 11.6. The number of carbonyl (C=O) groups is 1. The smallest absolute Gasteiger partial charge is 0.344 e. The summed E-state index contributed by atoms with van der Waals surface area (Å²) in [5, 5.41) is 8.82. The lowest BCUT2D eigenvalue weighted by atomic mass is 10.1. The minimum atomic E-state index is -1.03. The lowest BCUT2D eigenvalue weighted by Gasteiger charge is -2.11. The molecule has 0 fully saturated rings. The highest BCUT2D eigenvalue weighted by Gasteiger charge is 2.12. The van der Waals surface area contributed by atoms with Crippen LogP contribution in [0.4, 0.5) is 4.39 Å². The first-order valence-electron chi connectivity index (χ1n) is 7.43. The fourth-order valence-corrected chi connectivity index (χ4v) is 1.99.